The lowest BCUT2D eigenvalue weighted by molar-refractivity contribution is 0.224. The fourth-order valence-electron chi connectivity index (χ4n) is 0.558. The van der Waals surface area contributed by atoms with Gasteiger partial charge in [-0.2, -0.15) is 5.48 Å². The van der Waals surface area contributed by atoms with Crippen LogP contribution in [-0.2, 0) is 0 Å². The molecule has 1 N–H and O–H groups in total. The van der Waals surface area contributed by atoms with Crippen LogP contribution in [0, 0.1) is 6.07 Å². The predicted molar refractivity (Wildman–Crippen MR) is 35.0 cm³/mol. The summed E-state index contributed by atoms with van der Waals surface area (Å²) in [6, 6.07) is 10.2. The minimum absolute atomic E-state index is 0.778. The second-order valence-electron chi connectivity index (χ2n) is 1.55. The topological polar surface area (TPSA) is 21.3 Å². The molecule has 2 nitrogen and oxygen atoms in total. The summed E-state index contributed by atoms with van der Waals surface area (Å²) in [7, 11) is 1.72. The van der Waals surface area contributed by atoms with E-state index in [0.29, 0.717) is 0 Å². The maximum atomic E-state index is 4.92. The van der Waals surface area contributed by atoms with Crippen LogP contribution in [0.25, 0.3) is 0 Å². The highest BCUT2D eigenvalue weighted by Crippen LogP contribution is 2.04. The van der Waals surface area contributed by atoms with E-state index < -0.39 is 0 Å². The molecule has 0 aromatic heterocycles. The molecule has 0 saturated heterocycles. The second-order valence-corrected chi connectivity index (χ2v) is 1.55. The third-order valence-corrected chi connectivity index (χ3v) is 0.898. The van der Waals surface area contributed by atoms with Crippen LogP contribution < -0.4 is 10.3 Å². The highest BCUT2D eigenvalue weighted by Gasteiger charge is 1.84. The molecule has 47 valence electrons. The SMILES string of the molecule is CNOc1c[c]ccc1. The molecular formula is C7H8NO. The van der Waals surface area contributed by atoms with Gasteiger partial charge in [-0.15, -0.1) is 0 Å². The van der Waals surface area contributed by atoms with E-state index in [0.717, 1.165) is 5.75 Å². The third kappa shape index (κ3) is 1.74. The Morgan fingerprint density at radius 3 is 3.11 bits per heavy atom. The minimum atomic E-state index is 0.778. The van der Waals surface area contributed by atoms with Gasteiger partial charge in [-0.25, -0.2) is 0 Å². The Labute approximate surface area is 54.4 Å². The van der Waals surface area contributed by atoms with Crippen molar-refractivity contribution in [2.45, 2.75) is 0 Å². The molecule has 0 saturated carbocycles. The molecule has 1 rings (SSSR count). The van der Waals surface area contributed by atoms with Crippen LogP contribution in [-0.4, -0.2) is 7.05 Å². The van der Waals surface area contributed by atoms with Crippen molar-refractivity contribution in [1.82, 2.24) is 5.48 Å². The van der Waals surface area contributed by atoms with Gasteiger partial charge in [-0.05, 0) is 18.2 Å². The molecule has 0 unspecified atom stereocenters. The van der Waals surface area contributed by atoms with Gasteiger partial charge in [0.05, 0.1) is 0 Å². The van der Waals surface area contributed by atoms with Crippen molar-refractivity contribution in [2.75, 3.05) is 7.05 Å². The molecule has 0 aliphatic carbocycles. The lowest BCUT2D eigenvalue weighted by Gasteiger charge is -1.99. The van der Waals surface area contributed by atoms with Crippen molar-refractivity contribution in [2.24, 2.45) is 0 Å². The van der Waals surface area contributed by atoms with E-state index >= 15 is 0 Å². The number of rotatable bonds is 2. The Balaban J connectivity index is 2.61. The van der Waals surface area contributed by atoms with Gasteiger partial charge in [0, 0.05) is 7.05 Å². The smallest absolute Gasteiger partial charge is 0.147 e. The first-order valence-electron chi connectivity index (χ1n) is 2.73. The number of hydrogen-bond acceptors (Lipinski definition) is 2. The molecule has 1 aromatic rings. The zero-order chi connectivity index (χ0) is 6.53. The third-order valence-electron chi connectivity index (χ3n) is 0.898. The molecule has 9 heavy (non-hydrogen) atoms. The molecule has 2 heteroatoms. The monoisotopic (exact) mass is 122 g/mol. The zero-order valence-electron chi connectivity index (χ0n) is 5.22. The Morgan fingerprint density at radius 1 is 1.67 bits per heavy atom. The Hall–Kier alpha value is -1.02. The highest BCUT2D eigenvalue weighted by atomic mass is 16.6. The van der Waals surface area contributed by atoms with Gasteiger partial charge in [0.1, 0.15) is 5.75 Å². The van der Waals surface area contributed by atoms with E-state index in [4.69, 9.17) is 4.84 Å². The van der Waals surface area contributed by atoms with Gasteiger partial charge in [-0.1, -0.05) is 12.1 Å². The van der Waals surface area contributed by atoms with Gasteiger partial charge in [-0.3, -0.25) is 0 Å². The normalized spacial score (nSPS) is 9.00. The van der Waals surface area contributed by atoms with Crippen LogP contribution in [0.2, 0.25) is 0 Å². The van der Waals surface area contributed by atoms with Crippen LogP contribution in [0.5, 0.6) is 5.75 Å². The second kappa shape index (κ2) is 3.10. The molecule has 0 fully saturated rings. The fraction of sp³-hybridized carbons (Fsp3) is 0.143. The van der Waals surface area contributed by atoms with E-state index in [2.05, 4.69) is 11.5 Å². The molecule has 0 amide bonds. The first kappa shape index (κ1) is 6.11. The highest BCUT2D eigenvalue weighted by molar-refractivity contribution is 5.19. The van der Waals surface area contributed by atoms with Gasteiger partial charge in [0.15, 0.2) is 0 Å². The number of benzene rings is 1. The molecule has 1 aromatic carbocycles. The van der Waals surface area contributed by atoms with Crippen LogP contribution in [0.3, 0.4) is 0 Å². The van der Waals surface area contributed by atoms with E-state index in [1.165, 1.54) is 0 Å². The van der Waals surface area contributed by atoms with Crippen LogP contribution in [0.15, 0.2) is 24.3 Å². The minimum Gasteiger partial charge on any atom is -0.409 e. The predicted octanol–water partition coefficient (Wildman–Crippen LogP) is 1.000. The summed E-state index contributed by atoms with van der Waals surface area (Å²) in [5.41, 5.74) is 2.56. The van der Waals surface area contributed by atoms with Gasteiger partial charge >= 0.3 is 0 Å². The summed E-state index contributed by atoms with van der Waals surface area (Å²) in [6.07, 6.45) is 0. The van der Waals surface area contributed by atoms with Crippen LogP contribution >= 0.6 is 0 Å². The largest absolute Gasteiger partial charge is 0.409 e. The fourth-order valence-corrected chi connectivity index (χ4v) is 0.558. The van der Waals surface area contributed by atoms with Gasteiger partial charge in [0.2, 0.25) is 0 Å². The van der Waals surface area contributed by atoms with Crippen molar-refractivity contribution in [3.05, 3.63) is 30.3 Å². The van der Waals surface area contributed by atoms with E-state index in [9.17, 15) is 0 Å². The van der Waals surface area contributed by atoms with Crippen molar-refractivity contribution < 1.29 is 4.84 Å². The molecule has 0 aliphatic rings. The maximum Gasteiger partial charge on any atom is 0.147 e. The van der Waals surface area contributed by atoms with Gasteiger partial charge in [0.25, 0.3) is 0 Å². The number of hydroxylamine groups is 1. The van der Waals surface area contributed by atoms with E-state index in [1.54, 1.807) is 13.1 Å². The first-order chi connectivity index (χ1) is 4.43. The summed E-state index contributed by atoms with van der Waals surface area (Å²) in [5, 5.41) is 0. The van der Waals surface area contributed by atoms with Crippen LogP contribution in [0.1, 0.15) is 0 Å². The van der Waals surface area contributed by atoms with Gasteiger partial charge < -0.3 is 4.84 Å². The lowest BCUT2D eigenvalue weighted by Crippen LogP contribution is -2.10. The standard InChI is InChI=1S/C7H8NO/c1-8-9-7-5-3-2-4-6-7/h2-3,5-6,8H,1H3. The van der Waals surface area contributed by atoms with Crippen molar-refractivity contribution in [3.8, 4) is 5.75 Å². The summed E-state index contributed by atoms with van der Waals surface area (Å²) in [5.74, 6) is 0.778. The van der Waals surface area contributed by atoms with Crippen molar-refractivity contribution in [3.63, 3.8) is 0 Å². The maximum absolute atomic E-state index is 4.92. The Bertz CT molecular complexity index is 162. The van der Waals surface area contributed by atoms with Crippen molar-refractivity contribution >= 4 is 0 Å². The molecular weight excluding hydrogens is 114 g/mol. The van der Waals surface area contributed by atoms with Crippen LogP contribution in [0.4, 0.5) is 0 Å². The molecule has 0 atom stereocenters. The number of hydrogen-bond donors (Lipinski definition) is 1. The quantitative estimate of drug-likeness (QED) is 0.591. The summed E-state index contributed by atoms with van der Waals surface area (Å²) in [4.78, 5) is 4.92. The average molecular weight is 122 g/mol. The average Bonchev–Trinajstić information content (AvgIpc) is 1.91. The lowest BCUT2D eigenvalue weighted by atomic mass is 10.3. The first-order valence-corrected chi connectivity index (χ1v) is 2.73. The van der Waals surface area contributed by atoms with E-state index in [-0.39, 0.29) is 0 Å². The Morgan fingerprint density at radius 2 is 2.56 bits per heavy atom. The molecule has 0 heterocycles. The summed E-state index contributed by atoms with van der Waals surface area (Å²) >= 11 is 0. The summed E-state index contributed by atoms with van der Waals surface area (Å²) in [6.45, 7) is 0. The molecule has 0 aliphatic heterocycles. The molecule has 0 bridgehead atoms. The Kier molecular flexibility index (Phi) is 2.10. The zero-order valence-corrected chi connectivity index (χ0v) is 5.22. The number of nitrogens with one attached hydrogen (secondary N) is 1. The van der Waals surface area contributed by atoms with Crippen molar-refractivity contribution in [1.29, 1.82) is 0 Å². The van der Waals surface area contributed by atoms with E-state index in [1.807, 2.05) is 18.2 Å². The molecule has 0 spiro atoms. The summed E-state index contributed by atoms with van der Waals surface area (Å²) < 4.78 is 0. The molecule has 1 radical (unpaired) electrons.